The fourth-order valence-corrected chi connectivity index (χ4v) is 9.38. The number of hydrogen-bond donors (Lipinski definition) is 0. The number of likely N-dealkylation sites (tertiary alicyclic amines) is 1. The molecule has 4 aliphatic rings. The molecule has 5 nitrogen and oxygen atoms in total. The van der Waals surface area contributed by atoms with Gasteiger partial charge >= 0.3 is 4.87 Å². The fraction of sp³-hybridized carbons (Fsp3) is 0.636. The quantitative estimate of drug-likeness (QED) is 0.733. The van der Waals surface area contributed by atoms with Gasteiger partial charge in [-0.1, -0.05) is 11.3 Å². The summed E-state index contributed by atoms with van der Waals surface area (Å²) >= 11 is 3.23. The van der Waals surface area contributed by atoms with Crippen LogP contribution in [-0.2, 0) is 11.3 Å². The molecular formula is C22H26N2O3S2. The molecule has 0 N–H and O–H groups in total. The predicted octanol–water partition coefficient (Wildman–Crippen LogP) is 4.17. The van der Waals surface area contributed by atoms with E-state index >= 15 is 0 Å². The van der Waals surface area contributed by atoms with Gasteiger partial charge in [-0.2, -0.15) is 0 Å². The minimum absolute atomic E-state index is 0.0109. The number of nitrogens with zero attached hydrogens (tertiary/aromatic N) is 2. The molecule has 2 aliphatic carbocycles. The van der Waals surface area contributed by atoms with E-state index in [9.17, 15) is 9.59 Å². The third-order valence-corrected chi connectivity index (χ3v) is 10.4. The monoisotopic (exact) mass is 430 g/mol. The molecule has 7 heteroatoms. The van der Waals surface area contributed by atoms with Crippen LogP contribution in [0.1, 0.15) is 55.1 Å². The van der Waals surface area contributed by atoms with Crippen molar-refractivity contribution in [1.29, 1.82) is 0 Å². The Morgan fingerprint density at radius 3 is 2.79 bits per heavy atom. The van der Waals surface area contributed by atoms with E-state index in [1.54, 1.807) is 10.8 Å². The van der Waals surface area contributed by atoms with Crippen LogP contribution < -0.4 is 4.87 Å². The van der Waals surface area contributed by atoms with E-state index in [2.05, 4.69) is 6.07 Å². The van der Waals surface area contributed by atoms with E-state index in [0.29, 0.717) is 11.2 Å². The van der Waals surface area contributed by atoms with Crippen molar-refractivity contribution < 1.29 is 9.21 Å². The Labute approximate surface area is 178 Å². The summed E-state index contributed by atoms with van der Waals surface area (Å²) in [4.78, 5) is 29.0. The van der Waals surface area contributed by atoms with E-state index in [0.717, 1.165) is 53.4 Å². The number of carbonyl (C=O) groups excluding carboxylic acids is 1. The topological polar surface area (TPSA) is 55.5 Å². The smallest absolute Gasteiger partial charge is 0.308 e. The van der Waals surface area contributed by atoms with Gasteiger partial charge in [-0.15, -0.1) is 11.8 Å². The second kappa shape index (κ2) is 7.05. The lowest BCUT2D eigenvalue weighted by Gasteiger charge is -2.39. The second-order valence-electron chi connectivity index (χ2n) is 9.05. The molecule has 1 saturated heterocycles. The van der Waals surface area contributed by atoms with Gasteiger partial charge in [0.05, 0.1) is 22.1 Å². The van der Waals surface area contributed by atoms with Crippen molar-refractivity contribution in [2.24, 2.45) is 17.8 Å². The van der Waals surface area contributed by atoms with E-state index in [4.69, 9.17) is 4.42 Å². The van der Waals surface area contributed by atoms with Crippen molar-refractivity contribution in [3.8, 4) is 0 Å². The fourth-order valence-electron chi connectivity index (χ4n) is 6.25. The Kier molecular flexibility index (Phi) is 4.45. The molecule has 2 aromatic heterocycles. The van der Waals surface area contributed by atoms with Crippen LogP contribution in [0.3, 0.4) is 0 Å². The highest BCUT2D eigenvalue weighted by Crippen LogP contribution is 2.64. The number of fused-ring (bicyclic) bond motifs is 6. The van der Waals surface area contributed by atoms with Crippen molar-refractivity contribution in [3.63, 3.8) is 0 Å². The van der Waals surface area contributed by atoms with Crippen LogP contribution in [0.2, 0.25) is 0 Å². The molecule has 0 spiro atoms. The number of furan rings is 1. The number of piperidine rings is 1. The normalized spacial score (nSPS) is 33.0. The van der Waals surface area contributed by atoms with Gasteiger partial charge in [0.15, 0.2) is 0 Å². The first-order chi connectivity index (χ1) is 14.2. The van der Waals surface area contributed by atoms with Crippen LogP contribution in [-0.4, -0.2) is 33.7 Å². The van der Waals surface area contributed by atoms with Crippen molar-refractivity contribution in [3.05, 3.63) is 38.7 Å². The molecule has 2 saturated carbocycles. The highest BCUT2D eigenvalue weighted by Gasteiger charge is 2.56. The third kappa shape index (κ3) is 2.87. The van der Waals surface area contributed by atoms with Gasteiger partial charge in [-0.25, -0.2) is 0 Å². The number of aromatic nitrogens is 1. The molecule has 2 aromatic rings. The maximum atomic E-state index is 13.0. The van der Waals surface area contributed by atoms with Crippen LogP contribution in [0.4, 0.5) is 0 Å². The van der Waals surface area contributed by atoms with E-state index < -0.39 is 0 Å². The SMILES string of the molecule is O=C(Cn1c2c(sc1=O)[C@@H](c1ccco1)C1C3CCC(C3)C1S2)N1CCCCC1. The summed E-state index contributed by atoms with van der Waals surface area (Å²) in [6.45, 7) is 1.85. The summed E-state index contributed by atoms with van der Waals surface area (Å²) in [5.41, 5.74) is 0. The molecule has 5 atom stereocenters. The van der Waals surface area contributed by atoms with Crippen molar-refractivity contribution >= 4 is 29.0 Å². The molecule has 0 aromatic carbocycles. The van der Waals surface area contributed by atoms with Crippen LogP contribution in [0.5, 0.6) is 0 Å². The lowest BCUT2D eigenvalue weighted by atomic mass is 9.77. The number of thioether (sulfide) groups is 1. The number of thiazole rings is 1. The zero-order valence-electron chi connectivity index (χ0n) is 16.4. The summed E-state index contributed by atoms with van der Waals surface area (Å²) in [5.74, 6) is 3.29. The lowest BCUT2D eigenvalue weighted by Crippen LogP contribution is -2.39. The van der Waals surface area contributed by atoms with Gasteiger partial charge in [0, 0.05) is 18.3 Å². The molecule has 4 unspecified atom stereocenters. The first-order valence-electron chi connectivity index (χ1n) is 10.9. The van der Waals surface area contributed by atoms with E-state index in [1.807, 2.05) is 22.7 Å². The Balaban J connectivity index is 1.39. The number of carbonyl (C=O) groups is 1. The summed E-state index contributed by atoms with van der Waals surface area (Å²) in [6.07, 6.45) is 9.02. The molecule has 2 bridgehead atoms. The van der Waals surface area contributed by atoms with Gasteiger partial charge in [-0.05, 0) is 68.4 Å². The first kappa shape index (κ1) is 18.3. The zero-order valence-corrected chi connectivity index (χ0v) is 18.1. The first-order valence-corrected chi connectivity index (χ1v) is 12.6. The number of rotatable bonds is 3. The van der Waals surface area contributed by atoms with Gasteiger partial charge in [0.25, 0.3) is 0 Å². The number of hydrogen-bond acceptors (Lipinski definition) is 5. The Morgan fingerprint density at radius 2 is 2.00 bits per heavy atom. The minimum atomic E-state index is 0.0109. The molecule has 6 rings (SSSR count). The largest absolute Gasteiger partial charge is 0.469 e. The number of amides is 1. The van der Waals surface area contributed by atoms with Gasteiger partial charge in [-0.3, -0.25) is 14.2 Å². The molecule has 29 heavy (non-hydrogen) atoms. The molecule has 154 valence electrons. The maximum absolute atomic E-state index is 13.0. The summed E-state index contributed by atoms with van der Waals surface area (Å²) < 4.78 is 7.66. The molecule has 1 amide bonds. The molecule has 0 radical (unpaired) electrons. The Morgan fingerprint density at radius 1 is 1.17 bits per heavy atom. The van der Waals surface area contributed by atoms with E-state index in [1.165, 1.54) is 37.0 Å². The molecular weight excluding hydrogens is 404 g/mol. The maximum Gasteiger partial charge on any atom is 0.308 e. The average Bonchev–Trinajstić information content (AvgIpc) is 3.53. The highest BCUT2D eigenvalue weighted by molar-refractivity contribution is 8.00. The Hall–Kier alpha value is -1.47. The van der Waals surface area contributed by atoms with Crippen LogP contribution in [0, 0.1) is 17.8 Å². The van der Waals surface area contributed by atoms with Crippen LogP contribution in [0.15, 0.2) is 32.6 Å². The Bertz CT molecular complexity index is 973. The van der Waals surface area contributed by atoms with Crippen molar-refractivity contribution in [2.75, 3.05) is 13.1 Å². The van der Waals surface area contributed by atoms with Gasteiger partial charge < -0.3 is 9.32 Å². The summed E-state index contributed by atoms with van der Waals surface area (Å²) in [7, 11) is 0. The third-order valence-electron chi connectivity index (χ3n) is 7.54. The van der Waals surface area contributed by atoms with Crippen molar-refractivity contribution in [2.45, 2.75) is 61.3 Å². The molecule has 3 fully saturated rings. The van der Waals surface area contributed by atoms with E-state index in [-0.39, 0.29) is 23.2 Å². The van der Waals surface area contributed by atoms with Crippen molar-refractivity contribution in [1.82, 2.24) is 9.47 Å². The summed E-state index contributed by atoms with van der Waals surface area (Å²) in [5, 5.41) is 1.59. The van der Waals surface area contributed by atoms with Gasteiger partial charge in [0.2, 0.25) is 5.91 Å². The molecule has 4 heterocycles. The lowest BCUT2D eigenvalue weighted by molar-refractivity contribution is -0.132. The average molecular weight is 431 g/mol. The second-order valence-corrected chi connectivity index (χ2v) is 11.2. The minimum Gasteiger partial charge on any atom is -0.469 e. The van der Waals surface area contributed by atoms with Crippen LogP contribution in [0.25, 0.3) is 0 Å². The molecule has 2 aliphatic heterocycles. The highest BCUT2D eigenvalue weighted by atomic mass is 32.2. The zero-order chi connectivity index (χ0) is 19.5. The standard InChI is InChI=1S/C22H26N2O3S2/c25-16(23-8-2-1-3-9-23)12-24-21-20(29-22(24)26)18(15-5-4-10-27-15)17-13-6-7-14(11-13)19(17)28-21/h4-5,10,13-14,17-19H,1-3,6-9,11-12H2/t13?,14?,17?,18-,19?/m0/s1. The predicted molar refractivity (Wildman–Crippen MR) is 114 cm³/mol. The summed E-state index contributed by atoms with van der Waals surface area (Å²) in [6, 6.07) is 4.03. The van der Waals surface area contributed by atoms with Gasteiger partial charge in [0.1, 0.15) is 12.3 Å². The van der Waals surface area contributed by atoms with Crippen LogP contribution >= 0.6 is 23.1 Å².